The van der Waals surface area contributed by atoms with E-state index in [0.717, 1.165) is 5.69 Å². The Morgan fingerprint density at radius 1 is 1.11 bits per heavy atom. The summed E-state index contributed by atoms with van der Waals surface area (Å²) in [6.45, 7) is 4.01. The fourth-order valence-electron chi connectivity index (χ4n) is 4.12. The molecule has 0 saturated heterocycles. The van der Waals surface area contributed by atoms with E-state index < -0.39 is 46.8 Å². The molecule has 0 saturated carbocycles. The Hall–Kier alpha value is -4.28. The molecule has 0 bridgehead atoms. The second-order valence-corrected chi connectivity index (χ2v) is 8.93. The maximum Gasteiger partial charge on any atom is 0.379 e. The first kappa shape index (κ1) is 26.8. The third-order valence-corrected chi connectivity index (χ3v) is 6.36. The molecule has 1 aliphatic rings. The van der Waals surface area contributed by atoms with Crippen molar-refractivity contribution in [3.8, 4) is 11.5 Å². The molecule has 38 heavy (non-hydrogen) atoms. The van der Waals surface area contributed by atoms with Crippen LogP contribution in [0, 0.1) is 25.5 Å². The lowest BCUT2D eigenvalue weighted by Crippen LogP contribution is -2.41. The number of amides is 1. The van der Waals surface area contributed by atoms with Gasteiger partial charge < -0.3 is 24.8 Å². The monoisotopic (exact) mass is 532 g/mol. The summed E-state index contributed by atoms with van der Waals surface area (Å²) in [4.78, 5) is 25.6. The van der Waals surface area contributed by atoms with E-state index in [4.69, 9.17) is 14.6 Å². The largest absolute Gasteiger partial charge is 0.489 e. The first-order valence-corrected chi connectivity index (χ1v) is 11.5. The van der Waals surface area contributed by atoms with Gasteiger partial charge in [-0.1, -0.05) is 0 Å². The van der Waals surface area contributed by atoms with Crippen LogP contribution in [0.15, 0.2) is 48.5 Å². The van der Waals surface area contributed by atoms with E-state index in [0.29, 0.717) is 47.4 Å². The lowest BCUT2D eigenvalue weighted by Gasteiger charge is -2.33. The second-order valence-electron chi connectivity index (χ2n) is 8.93. The van der Waals surface area contributed by atoms with Crippen molar-refractivity contribution in [3.05, 3.63) is 82.4 Å². The number of nitrogens with zero attached hydrogens (tertiary/aromatic N) is 1. The number of benzene rings is 3. The second kappa shape index (κ2) is 10.2. The van der Waals surface area contributed by atoms with E-state index in [1.54, 1.807) is 26.0 Å². The normalized spacial score (nSPS) is 14.9. The van der Waals surface area contributed by atoms with Crippen molar-refractivity contribution in [3.63, 3.8) is 0 Å². The zero-order valence-electron chi connectivity index (χ0n) is 20.6. The summed E-state index contributed by atoms with van der Waals surface area (Å²) in [5, 5.41) is 11.0. The van der Waals surface area contributed by atoms with Gasteiger partial charge in [0.1, 0.15) is 35.8 Å². The number of carbonyl (C=O) groups excluding carboxylic acids is 1. The minimum atomic E-state index is -4.26. The van der Waals surface area contributed by atoms with Gasteiger partial charge in [-0.05, 0) is 67.4 Å². The predicted octanol–water partition coefficient (Wildman–Crippen LogP) is 5.29. The molecule has 0 radical (unpaired) electrons. The van der Waals surface area contributed by atoms with Crippen LogP contribution in [0.4, 0.5) is 28.9 Å². The van der Waals surface area contributed by atoms with E-state index in [-0.39, 0.29) is 12.2 Å². The topological polar surface area (TPSA) is 88.1 Å². The van der Waals surface area contributed by atoms with Crippen molar-refractivity contribution in [2.24, 2.45) is 0 Å². The van der Waals surface area contributed by atoms with Crippen molar-refractivity contribution < 1.29 is 41.7 Å². The number of rotatable bonds is 7. The quantitative estimate of drug-likeness (QED) is 0.403. The fourth-order valence-corrected chi connectivity index (χ4v) is 4.12. The van der Waals surface area contributed by atoms with E-state index in [9.17, 15) is 27.2 Å². The molecular formula is C27H24F4N2O5. The van der Waals surface area contributed by atoms with E-state index >= 15 is 0 Å². The molecule has 11 heteroatoms. The molecule has 0 aliphatic carbocycles. The molecule has 1 amide bonds. The molecule has 1 aliphatic heterocycles. The predicted molar refractivity (Wildman–Crippen MR) is 131 cm³/mol. The number of nitrogens with one attached hydrogen (secondary N) is 1. The zero-order chi connectivity index (χ0) is 27.8. The summed E-state index contributed by atoms with van der Waals surface area (Å²) < 4.78 is 67.4. The zero-order valence-corrected chi connectivity index (χ0v) is 20.6. The van der Waals surface area contributed by atoms with Crippen molar-refractivity contribution in [2.75, 3.05) is 30.4 Å². The highest BCUT2D eigenvalue weighted by Gasteiger charge is 2.41. The van der Waals surface area contributed by atoms with Gasteiger partial charge in [-0.25, -0.2) is 13.6 Å². The van der Waals surface area contributed by atoms with Gasteiger partial charge >= 0.3 is 11.9 Å². The lowest BCUT2D eigenvalue weighted by atomic mass is 10.0. The number of hydrogen-bond acceptors (Lipinski definition) is 5. The van der Waals surface area contributed by atoms with Crippen molar-refractivity contribution >= 4 is 23.3 Å². The minimum absolute atomic E-state index is 0.141. The number of carbonyl (C=O) groups is 2. The molecule has 200 valence electrons. The number of halogens is 4. The highest BCUT2D eigenvalue weighted by Crippen LogP contribution is 2.34. The van der Waals surface area contributed by atoms with Gasteiger partial charge in [0.25, 0.3) is 5.91 Å². The molecule has 1 atom stereocenters. The maximum absolute atomic E-state index is 14.2. The number of alkyl halides is 2. The number of carboxylic acids is 1. The first-order valence-electron chi connectivity index (χ1n) is 11.5. The summed E-state index contributed by atoms with van der Waals surface area (Å²) in [6, 6.07) is 9.18. The lowest BCUT2D eigenvalue weighted by molar-refractivity contribution is -0.166. The summed E-state index contributed by atoms with van der Waals surface area (Å²) >= 11 is 0. The molecule has 1 heterocycles. The van der Waals surface area contributed by atoms with Crippen molar-refractivity contribution in [2.45, 2.75) is 25.9 Å². The van der Waals surface area contributed by atoms with Crippen LogP contribution in [0.2, 0.25) is 0 Å². The summed E-state index contributed by atoms with van der Waals surface area (Å²) in [6.07, 6.45) is -0.392. The van der Waals surface area contributed by atoms with E-state index in [1.807, 2.05) is 11.9 Å². The molecule has 0 aromatic heterocycles. The van der Waals surface area contributed by atoms with Crippen LogP contribution in [0.3, 0.4) is 0 Å². The number of aliphatic carboxylic acids is 1. The van der Waals surface area contributed by atoms with Crippen molar-refractivity contribution in [1.29, 1.82) is 0 Å². The van der Waals surface area contributed by atoms with Crippen LogP contribution < -0.4 is 19.7 Å². The third-order valence-electron chi connectivity index (χ3n) is 6.36. The number of likely N-dealkylation sites (N-methyl/N-ethyl adjacent to an activating group) is 1. The van der Waals surface area contributed by atoms with Gasteiger partial charge in [-0.3, -0.25) is 4.79 Å². The third kappa shape index (κ3) is 5.22. The smallest absolute Gasteiger partial charge is 0.379 e. The van der Waals surface area contributed by atoms with Gasteiger partial charge in [0.05, 0.1) is 17.9 Å². The number of hydrogen-bond donors (Lipinski definition) is 2. The highest BCUT2D eigenvalue weighted by molar-refractivity contribution is 6.05. The minimum Gasteiger partial charge on any atom is -0.489 e. The van der Waals surface area contributed by atoms with Crippen LogP contribution >= 0.6 is 0 Å². The Morgan fingerprint density at radius 2 is 1.84 bits per heavy atom. The number of ether oxygens (including phenoxy) is 2. The highest BCUT2D eigenvalue weighted by atomic mass is 19.3. The number of anilines is 2. The van der Waals surface area contributed by atoms with Crippen LogP contribution in [0.25, 0.3) is 0 Å². The average molecular weight is 532 g/mol. The van der Waals surface area contributed by atoms with E-state index in [1.165, 1.54) is 18.2 Å². The maximum atomic E-state index is 14.2. The molecule has 3 aromatic rings. The van der Waals surface area contributed by atoms with Gasteiger partial charge in [0.2, 0.25) is 0 Å². The van der Waals surface area contributed by atoms with Crippen molar-refractivity contribution in [1.82, 2.24) is 0 Å². The Morgan fingerprint density at radius 3 is 2.55 bits per heavy atom. The number of carboxylic acid groups (broad SMARTS) is 1. The molecule has 7 nitrogen and oxygen atoms in total. The van der Waals surface area contributed by atoms with E-state index in [2.05, 4.69) is 5.32 Å². The van der Waals surface area contributed by atoms with Crippen LogP contribution in [-0.4, -0.2) is 43.3 Å². The molecule has 3 aromatic carbocycles. The molecular weight excluding hydrogens is 508 g/mol. The van der Waals surface area contributed by atoms with Gasteiger partial charge in [0, 0.05) is 24.2 Å². The number of fused-ring (bicyclic) bond motifs is 1. The van der Waals surface area contributed by atoms with Crippen LogP contribution in [0.1, 0.15) is 27.0 Å². The molecule has 4 rings (SSSR count). The molecule has 0 fully saturated rings. The summed E-state index contributed by atoms with van der Waals surface area (Å²) in [5.41, 5.74) is 0.461. The standard InChI is InChI=1S/C27H24F4N2O5/c1-14-15(2)23(37-13-18-12-33(3)22-8-5-17(28)11-24(22)38-18)9-6-19(14)25(34)32-21-10-16(4-7-20(21)29)27(30,31)26(35)36/h4-11,18H,12-13H2,1-3H3,(H,32,34)(H,35,36)/t18-/m0/s1. The van der Waals surface area contributed by atoms with Crippen LogP contribution in [0.5, 0.6) is 11.5 Å². The molecule has 2 N–H and O–H groups in total. The molecule has 0 unspecified atom stereocenters. The Labute approximate surface area is 215 Å². The molecule has 0 spiro atoms. The van der Waals surface area contributed by atoms with Crippen LogP contribution in [-0.2, 0) is 10.7 Å². The SMILES string of the molecule is Cc1c(OC[C@@H]2CN(C)c3ccc(F)cc3O2)ccc(C(=O)Nc2cc(C(F)(F)C(=O)O)ccc2F)c1C. The Kier molecular flexibility index (Phi) is 7.21. The van der Waals surface area contributed by atoms with Gasteiger partial charge in [-0.2, -0.15) is 8.78 Å². The fraction of sp³-hybridized carbons (Fsp3) is 0.259. The van der Waals surface area contributed by atoms with Gasteiger partial charge in [0.15, 0.2) is 0 Å². The average Bonchev–Trinajstić information content (AvgIpc) is 2.85. The van der Waals surface area contributed by atoms with Gasteiger partial charge in [-0.15, -0.1) is 0 Å². The first-order chi connectivity index (χ1) is 17.9. The Balaban J connectivity index is 1.47. The Bertz CT molecular complexity index is 1410. The summed E-state index contributed by atoms with van der Waals surface area (Å²) in [5.74, 6) is -7.98. The summed E-state index contributed by atoms with van der Waals surface area (Å²) in [7, 11) is 1.86.